The molecule has 66 valence electrons. The van der Waals surface area contributed by atoms with Crippen molar-refractivity contribution in [1.29, 1.82) is 0 Å². The molecule has 4 heteroatoms. The summed E-state index contributed by atoms with van der Waals surface area (Å²) in [6.45, 7) is 0.548. The van der Waals surface area contributed by atoms with Gasteiger partial charge in [0.25, 0.3) is 0 Å². The minimum absolute atomic E-state index is 0.00259. The molecule has 3 atom stereocenters. The van der Waals surface area contributed by atoms with Crippen molar-refractivity contribution >= 4 is 0 Å². The lowest BCUT2D eigenvalue weighted by atomic mass is 10.0. The highest BCUT2D eigenvalue weighted by Gasteiger charge is 2.27. The summed E-state index contributed by atoms with van der Waals surface area (Å²) < 4.78 is 10.5. The molecule has 0 aromatic rings. The van der Waals surface area contributed by atoms with E-state index in [1.807, 2.05) is 0 Å². The van der Waals surface area contributed by atoms with E-state index < -0.39 is 0 Å². The highest BCUT2D eigenvalue weighted by Crippen LogP contribution is 2.17. The zero-order chi connectivity index (χ0) is 8.27. The summed E-state index contributed by atoms with van der Waals surface area (Å²) >= 11 is 0. The van der Waals surface area contributed by atoms with Crippen LogP contribution in [-0.4, -0.2) is 32.1 Å². The smallest absolute Gasteiger partial charge is 0.172 e. The summed E-state index contributed by atoms with van der Waals surface area (Å²) in [5, 5.41) is 0. The van der Waals surface area contributed by atoms with Gasteiger partial charge < -0.3 is 20.9 Å². The molecule has 1 heterocycles. The zero-order valence-electron chi connectivity index (χ0n) is 6.82. The van der Waals surface area contributed by atoms with Crippen molar-refractivity contribution < 1.29 is 9.47 Å². The molecule has 0 aromatic heterocycles. The average Bonchev–Trinajstić information content (AvgIpc) is 2.05. The summed E-state index contributed by atoms with van der Waals surface area (Å²) in [4.78, 5) is 0. The van der Waals surface area contributed by atoms with Gasteiger partial charge in [-0.25, -0.2) is 0 Å². The zero-order valence-corrected chi connectivity index (χ0v) is 6.82. The monoisotopic (exact) mass is 160 g/mol. The fraction of sp³-hybridized carbons (Fsp3) is 1.00. The Kier molecular flexibility index (Phi) is 3.26. The summed E-state index contributed by atoms with van der Waals surface area (Å²) in [6.07, 6.45) is 1.73. The highest BCUT2D eigenvalue weighted by atomic mass is 16.7. The topological polar surface area (TPSA) is 70.5 Å². The predicted molar refractivity (Wildman–Crippen MR) is 41.9 cm³/mol. The minimum atomic E-state index is -0.266. The average molecular weight is 160 g/mol. The van der Waals surface area contributed by atoms with Crippen LogP contribution in [0.25, 0.3) is 0 Å². The van der Waals surface area contributed by atoms with Gasteiger partial charge in [0.2, 0.25) is 0 Å². The van der Waals surface area contributed by atoms with Crippen LogP contribution in [0.5, 0.6) is 0 Å². The lowest BCUT2D eigenvalue weighted by molar-refractivity contribution is -0.186. The van der Waals surface area contributed by atoms with E-state index in [4.69, 9.17) is 20.9 Å². The quantitative estimate of drug-likeness (QED) is 0.567. The number of hydrogen-bond acceptors (Lipinski definition) is 4. The first-order valence-corrected chi connectivity index (χ1v) is 3.92. The van der Waals surface area contributed by atoms with Gasteiger partial charge in [0.1, 0.15) is 0 Å². The minimum Gasteiger partial charge on any atom is -0.354 e. The first-order chi connectivity index (χ1) is 5.27. The van der Waals surface area contributed by atoms with E-state index in [1.165, 1.54) is 0 Å². The van der Waals surface area contributed by atoms with E-state index in [-0.39, 0.29) is 18.4 Å². The van der Waals surface area contributed by atoms with Gasteiger partial charge in [-0.3, -0.25) is 0 Å². The van der Waals surface area contributed by atoms with Gasteiger partial charge in [-0.1, -0.05) is 0 Å². The van der Waals surface area contributed by atoms with Gasteiger partial charge in [-0.2, -0.15) is 0 Å². The van der Waals surface area contributed by atoms with Crippen LogP contribution in [0.3, 0.4) is 0 Å². The van der Waals surface area contributed by atoms with Gasteiger partial charge in [0.15, 0.2) is 6.29 Å². The number of hydrogen-bond donors (Lipinski definition) is 2. The highest BCUT2D eigenvalue weighted by molar-refractivity contribution is 4.76. The van der Waals surface area contributed by atoms with Crippen LogP contribution < -0.4 is 11.5 Å². The Bertz CT molecular complexity index is 121. The molecule has 1 aliphatic rings. The lowest BCUT2D eigenvalue weighted by Crippen LogP contribution is -2.47. The first-order valence-electron chi connectivity index (χ1n) is 3.92. The summed E-state index contributed by atoms with van der Waals surface area (Å²) in [6, 6.07) is 0.00259. The Labute approximate surface area is 66.8 Å². The maximum absolute atomic E-state index is 5.72. The Morgan fingerprint density at radius 1 is 1.55 bits per heavy atom. The third-order valence-corrected chi connectivity index (χ3v) is 1.99. The molecule has 1 saturated heterocycles. The van der Waals surface area contributed by atoms with Crippen LogP contribution in [0.4, 0.5) is 0 Å². The van der Waals surface area contributed by atoms with Gasteiger partial charge in [0.05, 0.1) is 12.1 Å². The number of methoxy groups -OCH3 is 1. The van der Waals surface area contributed by atoms with E-state index in [9.17, 15) is 0 Å². The molecule has 0 aromatic carbocycles. The van der Waals surface area contributed by atoms with Crippen LogP contribution in [0.1, 0.15) is 12.8 Å². The van der Waals surface area contributed by atoms with Gasteiger partial charge in [-0.05, 0) is 12.8 Å². The van der Waals surface area contributed by atoms with Crippen LogP contribution >= 0.6 is 0 Å². The van der Waals surface area contributed by atoms with Crippen molar-refractivity contribution in [3.63, 3.8) is 0 Å². The van der Waals surface area contributed by atoms with Crippen molar-refractivity contribution in [3.8, 4) is 0 Å². The van der Waals surface area contributed by atoms with E-state index in [0.29, 0.717) is 6.54 Å². The van der Waals surface area contributed by atoms with Crippen molar-refractivity contribution in [1.82, 2.24) is 0 Å². The van der Waals surface area contributed by atoms with Gasteiger partial charge in [-0.15, -0.1) is 0 Å². The van der Waals surface area contributed by atoms with E-state index in [1.54, 1.807) is 7.11 Å². The van der Waals surface area contributed by atoms with E-state index >= 15 is 0 Å². The fourth-order valence-corrected chi connectivity index (χ4v) is 1.28. The summed E-state index contributed by atoms with van der Waals surface area (Å²) in [5.74, 6) is 0. The van der Waals surface area contributed by atoms with E-state index in [0.717, 1.165) is 12.8 Å². The molecule has 4 nitrogen and oxygen atoms in total. The van der Waals surface area contributed by atoms with Crippen LogP contribution in [0, 0.1) is 0 Å². The Morgan fingerprint density at radius 3 is 2.82 bits per heavy atom. The SMILES string of the molecule is COC1OC(CN)CCC1N. The number of nitrogens with two attached hydrogens (primary N) is 2. The molecule has 0 saturated carbocycles. The van der Waals surface area contributed by atoms with Gasteiger partial charge in [0, 0.05) is 13.7 Å². The Hall–Kier alpha value is -0.160. The molecule has 0 spiro atoms. The molecule has 0 amide bonds. The maximum Gasteiger partial charge on any atom is 0.172 e. The van der Waals surface area contributed by atoms with Gasteiger partial charge >= 0.3 is 0 Å². The molecule has 0 bridgehead atoms. The second-order valence-electron chi connectivity index (χ2n) is 2.84. The Morgan fingerprint density at radius 2 is 2.27 bits per heavy atom. The maximum atomic E-state index is 5.72. The van der Waals surface area contributed by atoms with E-state index in [2.05, 4.69) is 0 Å². The van der Waals surface area contributed by atoms with Crippen LogP contribution in [0.15, 0.2) is 0 Å². The molecule has 0 aliphatic carbocycles. The number of ether oxygens (including phenoxy) is 2. The van der Waals surface area contributed by atoms with Crippen LogP contribution in [-0.2, 0) is 9.47 Å². The predicted octanol–water partition coefficient (Wildman–Crippen LogP) is -0.576. The lowest BCUT2D eigenvalue weighted by Gasteiger charge is -2.32. The fourth-order valence-electron chi connectivity index (χ4n) is 1.28. The first kappa shape index (κ1) is 8.93. The molecule has 1 fully saturated rings. The molecular formula is C7H16N2O2. The van der Waals surface area contributed by atoms with Crippen LogP contribution in [0.2, 0.25) is 0 Å². The Balaban J connectivity index is 2.37. The van der Waals surface area contributed by atoms with Crippen molar-refractivity contribution in [2.75, 3.05) is 13.7 Å². The third kappa shape index (κ3) is 2.13. The molecule has 0 radical (unpaired) electrons. The second-order valence-corrected chi connectivity index (χ2v) is 2.84. The number of rotatable bonds is 2. The largest absolute Gasteiger partial charge is 0.354 e. The molecular weight excluding hydrogens is 144 g/mol. The normalized spacial score (nSPS) is 39.0. The van der Waals surface area contributed by atoms with Crippen molar-refractivity contribution in [3.05, 3.63) is 0 Å². The molecule has 11 heavy (non-hydrogen) atoms. The molecule has 4 N–H and O–H groups in total. The van der Waals surface area contributed by atoms with Crippen molar-refractivity contribution in [2.45, 2.75) is 31.3 Å². The third-order valence-electron chi connectivity index (χ3n) is 1.99. The summed E-state index contributed by atoms with van der Waals surface area (Å²) in [7, 11) is 1.60. The summed E-state index contributed by atoms with van der Waals surface area (Å²) in [5.41, 5.74) is 11.2. The molecule has 3 unspecified atom stereocenters. The standard InChI is InChI=1S/C7H16N2O2/c1-10-7-6(9)3-2-5(4-8)11-7/h5-7H,2-4,8-9H2,1H3. The van der Waals surface area contributed by atoms with Crippen molar-refractivity contribution in [2.24, 2.45) is 11.5 Å². The second kappa shape index (κ2) is 4.01. The molecule has 1 aliphatic heterocycles. The molecule has 1 rings (SSSR count).